The normalized spacial score (nSPS) is 18.6. The second-order valence-corrected chi connectivity index (χ2v) is 6.90. The highest BCUT2D eigenvalue weighted by atomic mass is 19.1. The van der Waals surface area contributed by atoms with Gasteiger partial charge in [-0.2, -0.15) is 5.10 Å². The van der Waals surface area contributed by atoms with E-state index in [1.54, 1.807) is 29.9 Å². The number of aliphatic imine (C=N–C) groups is 1. The zero-order valence-corrected chi connectivity index (χ0v) is 15.5. The van der Waals surface area contributed by atoms with Crippen molar-refractivity contribution in [1.82, 2.24) is 20.1 Å². The van der Waals surface area contributed by atoms with Gasteiger partial charge in [0.2, 0.25) is 0 Å². The SMILES string of the molecule is [2H]C([2H])([2H])Oc1ccc(F)cc1[C@@H](C)Nc1ccn2ncc(C3=NC(C)(C)ON3)c2n1. The average Bonchev–Trinajstić information content (AvgIpc) is 3.24. The Hall–Kier alpha value is -3.20. The Morgan fingerprint density at radius 2 is 2.25 bits per heavy atom. The number of benzene rings is 1. The summed E-state index contributed by atoms with van der Waals surface area (Å²) in [5, 5.41) is 7.43. The Kier molecular flexibility index (Phi) is 3.57. The number of nitrogens with one attached hydrogen (secondary N) is 2. The molecule has 0 aliphatic carbocycles. The zero-order chi connectivity index (χ0) is 22.4. The number of hydrogen-bond donors (Lipinski definition) is 2. The lowest BCUT2D eigenvalue weighted by Gasteiger charge is -2.18. The molecule has 0 unspecified atom stereocenters. The number of fused-ring (bicyclic) bond motifs is 1. The van der Waals surface area contributed by atoms with Crippen LogP contribution in [-0.4, -0.2) is 33.2 Å². The van der Waals surface area contributed by atoms with Gasteiger partial charge in [-0.05, 0) is 45.0 Å². The van der Waals surface area contributed by atoms with E-state index in [0.717, 1.165) is 6.07 Å². The van der Waals surface area contributed by atoms with Gasteiger partial charge >= 0.3 is 0 Å². The number of hydrogen-bond acceptors (Lipinski definition) is 7. The lowest BCUT2D eigenvalue weighted by atomic mass is 10.1. The molecule has 146 valence electrons. The first kappa shape index (κ1) is 14.8. The molecule has 2 aromatic heterocycles. The van der Waals surface area contributed by atoms with Gasteiger partial charge in [0.1, 0.15) is 17.4 Å². The Balaban J connectivity index is 1.64. The minimum absolute atomic E-state index is 0.0661. The molecule has 9 heteroatoms. The van der Waals surface area contributed by atoms with Gasteiger partial charge in [-0.1, -0.05) is 0 Å². The van der Waals surface area contributed by atoms with Crippen molar-refractivity contribution >= 4 is 17.3 Å². The standard InChI is InChI=1S/C19H21FN6O2/c1-11(13-9-12(20)5-6-15(13)27-4)22-16-7-8-26-18(23-16)14(10-21-26)17-24-19(2,3)28-25-17/h5-11H,1-4H3,(H,22,23)(H,24,25)/t11-/m1/s1/i4D3. The molecule has 28 heavy (non-hydrogen) atoms. The molecule has 3 heterocycles. The number of anilines is 1. The van der Waals surface area contributed by atoms with E-state index in [-0.39, 0.29) is 5.75 Å². The fourth-order valence-corrected chi connectivity index (χ4v) is 2.97. The molecule has 8 nitrogen and oxygen atoms in total. The minimum atomic E-state index is -2.65. The molecule has 0 saturated carbocycles. The Labute approximate surface area is 165 Å². The number of nitrogens with zero attached hydrogens (tertiary/aromatic N) is 4. The fraction of sp³-hybridized carbons (Fsp3) is 0.316. The van der Waals surface area contributed by atoms with Gasteiger partial charge in [0.25, 0.3) is 0 Å². The van der Waals surface area contributed by atoms with Gasteiger partial charge in [0.15, 0.2) is 17.2 Å². The minimum Gasteiger partial charge on any atom is -0.496 e. The van der Waals surface area contributed by atoms with Crippen LogP contribution in [0, 0.1) is 5.82 Å². The van der Waals surface area contributed by atoms with Crippen LogP contribution < -0.4 is 15.5 Å². The first-order chi connectivity index (χ1) is 14.5. The predicted octanol–water partition coefficient (Wildman–Crippen LogP) is 3.07. The summed E-state index contributed by atoms with van der Waals surface area (Å²) in [6.45, 7) is 5.39. The number of aromatic nitrogens is 3. The van der Waals surface area contributed by atoms with E-state index in [4.69, 9.17) is 13.7 Å². The fourth-order valence-electron chi connectivity index (χ4n) is 2.97. The van der Waals surface area contributed by atoms with Gasteiger partial charge < -0.3 is 10.1 Å². The lowest BCUT2D eigenvalue weighted by Crippen LogP contribution is -2.23. The molecule has 0 amide bonds. The number of ether oxygens (including phenoxy) is 1. The molecule has 2 N–H and O–H groups in total. The largest absolute Gasteiger partial charge is 0.496 e. The smallest absolute Gasteiger partial charge is 0.182 e. The topological polar surface area (TPSA) is 85.1 Å². The number of hydroxylamine groups is 1. The highest BCUT2D eigenvalue weighted by Gasteiger charge is 2.28. The number of amidine groups is 1. The van der Waals surface area contributed by atoms with E-state index >= 15 is 0 Å². The monoisotopic (exact) mass is 387 g/mol. The summed E-state index contributed by atoms with van der Waals surface area (Å²) in [6, 6.07) is 4.89. The first-order valence-corrected chi connectivity index (χ1v) is 8.64. The summed E-state index contributed by atoms with van der Waals surface area (Å²) in [5.74, 6) is 0.549. The van der Waals surface area contributed by atoms with Crippen molar-refractivity contribution in [3.05, 3.63) is 53.6 Å². The summed E-state index contributed by atoms with van der Waals surface area (Å²) < 4.78 is 42.5. The van der Waals surface area contributed by atoms with Crippen LogP contribution in [0.25, 0.3) is 5.65 Å². The third-order valence-corrected chi connectivity index (χ3v) is 4.32. The summed E-state index contributed by atoms with van der Waals surface area (Å²) >= 11 is 0. The van der Waals surface area contributed by atoms with Gasteiger partial charge in [-0.15, -0.1) is 0 Å². The molecule has 1 atom stereocenters. The van der Waals surface area contributed by atoms with E-state index in [1.165, 1.54) is 12.1 Å². The van der Waals surface area contributed by atoms with E-state index in [2.05, 4.69) is 25.9 Å². The highest BCUT2D eigenvalue weighted by molar-refractivity contribution is 6.03. The summed E-state index contributed by atoms with van der Waals surface area (Å²) in [7, 11) is -2.65. The van der Waals surface area contributed by atoms with E-state index in [9.17, 15) is 4.39 Å². The number of rotatable bonds is 5. The third kappa shape index (κ3) is 3.36. The number of methoxy groups -OCH3 is 1. The molecule has 4 rings (SSSR count). The number of halogens is 1. The van der Waals surface area contributed by atoms with Gasteiger partial charge in [0, 0.05) is 11.8 Å². The molecular weight excluding hydrogens is 363 g/mol. The van der Waals surface area contributed by atoms with Crippen molar-refractivity contribution in [2.24, 2.45) is 4.99 Å². The van der Waals surface area contributed by atoms with Crippen molar-refractivity contribution in [2.75, 3.05) is 12.4 Å². The lowest BCUT2D eigenvalue weighted by molar-refractivity contribution is -0.0269. The van der Waals surface area contributed by atoms with Gasteiger partial charge in [-0.25, -0.2) is 29.2 Å². The molecule has 0 bridgehead atoms. The van der Waals surface area contributed by atoms with E-state index in [0.29, 0.717) is 28.4 Å². The Morgan fingerprint density at radius 1 is 1.39 bits per heavy atom. The van der Waals surface area contributed by atoms with Crippen molar-refractivity contribution in [1.29, 1.82) is 0 Å². The zero-order valence-electron chi connectivity index (χ0n) is 18.5. The molecule has 3 aromatic rings. The van der Waals surface area contributed by atoms with Crippen LogP contribution >= 0.6 is 0 Å². The summed E-state index contributed by atoms with van der Waals surface area (Å²) in [5.41, 5.74) is 3.62. The van der Waals surface area contributed by atoms with Crippen molar-refractivity contribution in [3.63, 3.8) is 0 Å². The van der Waals surface area contributed by atoms with Crippen LogP contribution in [0.5, 0.6) is 5.75 Å². The van der Waals surface area contributed by atoms with Crippen LogP contribution in [0.4, 0.5) is 10.2 Å². The molecule has 1 aliphatic heterocycles. The predicted molar refractivity (Wildman–Crippen MR) is 103 cm³/mol. The highest BCUT2D eigenvalue weighted by Crippen LogP contribution is 2.28. The van der Waals surface area contributed by atoms with Gasteiger partial charge in [0.05, 0.1) is 29.0 Å². The maximum absolute atomic E-state index is 13.9. The maximum atomic E-state index is 13.9. The second kappa shape index (κ2) is 6.75. The maximum Gasteiger partial charge on any atom is 0.182 e. The Bertz CT molecular complexity index is 1160. The molecule has 1 aliphatic rings. The van der Waals surface area contributed by atoms with E-state index < -0.39 is 24.6 Å². The molecule has 0 saturated heterocycles. The summed E-state index contributed by atoms with van der Waals surface area (Å²) in [6.07, 6.45) is 3.34. The molecular formula is C19H21FN6O2. The molecule has 0 fully saturated rings. The molecule has 0 spiro atoms. The van der Waals surface area contributed by atoms with Crippen LogP contribution in [0.2, 0.25) is 0 Å². The summed E-state index contributed by atoms with van der Waals surface area (Å²) in [4.78, 5) is 14.5. The van der Waals surface area contributed by atoms with Gasteiger partial charge in [-0.3, -0.25) is 0 Å². The quantitative estimate of drug-likeness (QED) is 0.700. The third-order valence-electron chi connectivity index (χ3n) is 4.32. The van der Waals surface area contributed by atoms with Crippen LogP contribution in [0.15, 0.2) is 41.7 Å². The van der Waals surface area contributed by atoms with Crippen molar-refractivity contribution in [2.45, 2.75) is 32.5 Å². The van der Waals surface area contributed by atoms with E-state index in [1.807, 2.05) is 13.8 Å². The Morgan fingerprint density at radius 3 is 3.00 bits per heavy atom. The molecule has 0 radical (unpaired) electrons. The average molecular weight is 387 g/mol. The molecule has 1 aromatic carbocycles. The van der Waals surface area contributed by atoms with Crippen molar-refractivity contribution < 1.29 is 18.1 Å². The first-order valence-electron chi connectivity index (χ1n) is 10.1. The van der Waals surface area contributed by atoms with Crippen LogP contribution in [0.3, 0.4) is 0 Å². The second-order valence-electron chi connectivity index (χ2n) is 6.90. The van der Waals surface area contributed by atoms with Crippen LogP contribution in [0.1, 0.15) is 42.1 Å². The van der Waals surface area contributed by atoms with Crippen LogP contribution in [-0.2, 0) is 4.84 Å². The van der Waals surface area contributed by atoms with Crippen molar-refractivity contribution in [3.8, 4) is 5.75 Å².